The Morgan fingerprint density at radius 1 is 0.451 bits per heavy atom. The molecular formula is C42H30O9. The Labute approximate surface area is 291 Å². The van der Waals surface area contributed by atoms with Crippen LogP contribution in [0.5, 0.6) is 51.7 Å². The van der Waals surface area contributed by atoms with E-state index in [4.69, 9.17) is 9.47 Å². The van der Waals surface area contributed by atoms with Gasteiger partial charge in [0.2, 0.25) is 0 Å². The van der Waals surface area contributed by atoms with Crippen LogP contribution in [0.3, 0.4) is 0 Å². The molecule has 0 unspecified atom stereocenters. The molecule has 6 aromatic rings. The van der Waals surface area contributed by atoms with E-state index in [-0.39, 0.29) is 40.2 Å². The zero-order valence-corrected chi connectivity index (χ0v) is 26.7. The van der Waals surface area contributed by atoms with Gasteiger partial charge >= 0.3 is 0 Å². The third-order valence-electron chi connectivity index (χ3n) is 10.0. The maximum absolute atomic E-state index is 12.2. The van der Waals surface area contributed by atoms with Crippen LogP contribution in [0.4, 0.5) is 0 Å². The van der Waals surface area contributed by atoms with Gasteiger partial charge in [-0.2, -0.15) is 0 Å². The number of hydrogen-bond acceptors (Lipinski definition) is 9. The first-order valence-corrected chi connectivity index (χ1v) is 16.3. The van der Waals surface area contributed by atoms with E-state index in [9.17, 15) is 35.7 Å². The molecule has 0 bridgehead atoms. The number of fused-ring (bicyclic) bond motifs is 4. The van der Waals surface area contributed by atoms with Crippen LogP contribution in [0.25, 0.3) is 11.6 Å². The number of benzene rings is 6. The van der Waals surface area contributed by atoms with E-state index in [2.05, 4.69) is 0 Å². The Morgan fingerprint density at radius 3 is 1.61 bits per heavy atom. The van der Waals surface area contributed by atoms with Gasteiger partial charge in [-0.3, -0.25) is 0 Å². The monoisotopic (exact) mass is 678 g/mol. The lowest BCUT2D eigenvalue weighted by Crippen LogP contribution is -2.13. The highest BCUT2D eigenvalue weighted by atomic mass is 16.5. The highest BCUT2D eigenvalue weighted by molar-refractivity contribution is 5.98. The molecule has 9 heteroatoms. The second-order valence-electron chi connectivity index (χ2n) is 13.2. The summed E-state index contributed by atoms with van der Waals surface area (Å²) in [6, 6.07) is 29.2. The van der Waals surface area contributed by atoms with Gasteiger partial charge in [0.05, 0.1) is 11.8 Å². The number of rotatable bonds is 4. The van der Waals surface area contributed by atoms with Gasteiger partial charge < -0.3 is 45.2 Å². The van der Waals surface area contributed by atoms with Gasteiger partial charge in [-0.25, -0.2) is 0 Å². The average molecular weight is 679 g/mol. The van der Waals surface area contributed by atoms with Crippen molar-refractivity contribution in [3.8, 4) is 51.7 Å². The zero-order valence-electron chi connectivity index (χ0n) is 26.7. The smallest absolute Gasteiger partial charge is 0.136 e. The standard InChI is InChI=1S/C42H30O9/c43-25-7-1-20(2-8-25)31-16-24-15-30(48)18-34-35(24)38(41(50-34)22-5-11-27(45)12-6-22)32-19-33(49)39-36(23-13-28(46)17-29(47)14-23)40(51-42(39)37(31)32)21-3-9-26(44)10-4-21/h1-19,36,38,40-41,43-49H/t36-,38+,40+,41-/m1/s1. The third-order valence-corrected chi connectivity index (χ3v) is 10.0. The second kappa shape index (κ2) is 11.1. The van der Waals surface area contributed by atoms with Crippen molar-refractivity contribution < 1.29 is 45.2 Å². The molecule has 7 N–H and O–H groups in total. The highest BCUT2D eigenvalue weighted by Crippen LogP contribution is 2.62. The molecule has 0 saturated carbocycles. The fourth-order valence-electron chi connectivity index (χ4n) is 7.91. The predicted molar refractivity (Wildman–Crippen MR) is 188 cm³/mol. The summed E-state index contributed by atoms with van der Waals surface area (Å²) >= 11 is 0. The Bertz CT molecular complexity index is 2380. The number of aromatic hydroxyl groups is 7. The van der Waals surface area contributed by atoms with E-state index in [0.717, 1.165) is 16.7 Å². The molecule has 9 nitrogen and oxygen atoms in total. The van der Waals surface area contributed by atoms with Gasteiger partial charge in [-0.15, -0.1) is 0 Å². The van der Waals surface area contributed by atoms with Crippen molar-refractivity contribution in [3.63, 3.8) is 0 Å². The van der Waals surface area contributed by atoms with Crippen LogP contribution in [-0.2, 0) is 0 Å². The van der Waals surface area contributed by atoms with E-state index < -0.39 is 24.0 Å². The van der Waals surface area contributed by atoms with Crippen LogP contribution in [0.1, 0.15) is 74.1 Å². The van der Waals surface area contributed by atoms with Gasteiger partial charge in [0.15, 0.2) is 0 Å². The summed E-state index contributed by atoms with van der Waals surface area (Å²) in [5.41, 5.74) is 6.57. The molecule has 9 rings (SSSR count). The second-order valence-corrected chi connectivity index (χ2v) is 13.2. The maximum Gasteiger partial charge on any atom is 0.136 e. The van der Waals surface area contributed by atoms with Gasteiger partial charge in [-0.05, 0) is 106 Å². The molecule has 0 saturated heterocycles. The van der Waals surface area contributed by atoms with E-state index in [1.165, 1.54) is 18.2 Å². The molecule has 4 atom stereocenters. The first-order valence-electron chi connectivity index (χ1n) is 16.3. The summed E-state index contributed by atoms with van der Waals surface area (Å²) in [5, 5.41) is 74.7. The fraction of sp³-hybridized carbons (Fsp3) is 0.0952. The Hall–Kier alpha value is -6.74. The molecule has 0 amide bonds. The summed E-state index contributed by atoms with van der Waals surface area (Å²) < 4.78 is 13.5. The minimum atomic E-state index is -0.766. The molecule has 51 heavy (non-hydrogen) atoms. The fourth-order valence-corrected chi connectivity index (χ4v) is 7.91. The van der Waals surface area contributed by atoms with Crippen molar-refractivity contribution in [1.29, 1.82) is 0 Å². The molecule has 0 radical (unpaired) electrons. The Balaban J connectivity index is 1.36. The van der Waals surface area contributed by atoms with E-state index >= 15 is 0 Å². The van der Waals surface area contributed by atoms with Crippen LogP contribution in [-0.4, -0.2) is 35.7 Å². The van der Waals surface area contributed by atoms with Crippen molar-refractivity contribution in [2.24, 2.45) is 0 Å². The van der Waals surface area contributed by atoms with Crippen LogP contribution in [0, 0.1) is 0 Å². The topological polar surface area (TPSA) is 160 Å². The largest absolute Gasteiger partial charge is 0.508 e. The third kappa shape index (κ3) is 4.85. The molecule has 0 fully saturated rings. The van der Waals surface area contributed by atoms with Crippen molar-refractivity contribution in [3.05, 3.63) is 159 Å². The molecule has 0 aromatic heterocycles. The first kappa shape index (κ1) is 30.3. The summed E-state index contributed by atoms with van der Waals surface area (Å²) in [4.78, 5) is 0. The zero-order chi connectivity index (χ0) is 35.1. The molecular weight excluding hydrogens is 648 g/mol. The van der Waals surface area contributed by atoms with Crippen LogP contribution in [0.2, 0.25) is 0 Å². The summed E-state index contributed by atoms with van der Waals surface area (Å²) in [7, 11) is 0. The molecule has 252 valence electrons. The first-order chi connectivity index (χ1) is 24.6. The maximum atomic E-state index is 12.2. The van der Waals surface area contributed by atoms with Crippen LogP contribution >= 0.6 is 0 Å². The number of phenols is 7. The highest BCUT2D eigenvalue weighted by Gasteiger charge is 2.47. The Morgan fingerprint density at radius 2 is 1.00 bits per heavy atom. The lowest BCUT2D eigenvalue weighted by Gasteiger charge is -2.25. The quantitative estimate of drug-likeness (QED) is 0.0979. The molecule has 1 aliphatic carbocycles. The van der Waals surface area contributed by atoms with Gasteiger partial charge in [0, 0.05) is 28.8 Å². The number of hydrogen-bond donors (Lipinski definition) is 7. The number of phenolic OH excluding ortho intramolecular Hbond substituents is 7. The molecule has 2 heterocycles. The van der Waals surface area contributed by atoms with Crippen LogP contribution < -0.4 is 9.47 Å². The predicted octanol–water partition coefficient (Wildman–Crippen LogP) is 8.06. The van der Waals surface area contributed by atoms with Crippen molar-refractivity contribution in [1.82, 2.24) is 0 Å². The van der Waals surface area contributed by atoms with Gasteiger partial charge in [-0.1, -0.05) is 36.4 Å². The van der Waals surface area contributed by atoms with Gasteiger partial charge in [0.25, 0.3) is 0 Å². The summed E-state index contributed by atoms with van der Waals surface area (Å²) in [5.74, 6) is -0.561. The lowest BCUT2D eigenvalue weighted by atomic mass is 9.78. The van der Waals surface area contributed by atoms with E-state index in [0.29, 0.717) is 50.5 Å². The Kier molecular flexibility index (Phi) is 6.63. The molecule has 2 aliphatic heterocycles. The van der Waals surface area contributed by atoms with Crippen LogP contribution in [0.15, 0.2) is 109 Å². The van der Waals surface area contributed by atoms with E-state index in [1.807, 2.05) is 6.08 Å². The molecule has 0 spiro atoms. The molecule has 3 aliphatic rings. The van der Waals surface area contributed by atoms with Gasteiger partial charge in [0.1, 0.15) is 64.0 Å². The summed E-state index contributed by atoms with van der Waals surface area (Å²) in [6.45, 7) is 0. The number of ether oxygens (including phenoxy) is 2. The van der Waals surface area contributed by atoms with Crippen molar-refractivity contribution in [2.75, 3.05) is 0 Å². The summed E-state index contributed by atoms with van der Waals surface area (Å²) in [6.07, 6.45) is 0.548. The SMILES string of the molecule is Oc1ccc(C2=Cc3cc(O)cc4c3[C@H](c3cc(O)c5c(c32)O[C@@H](c2ccc(O)cc2)[C@@H]5c2cc(O)cc(O)c2)[C@@H](c2ccc(O)cc2)O4)cc1. The minimum absolute atomic E-state index is 0.00148. The van der Waals surface area contributed by atoms with E-state index in [1.54, 1.807) is 91.0 Å². The lowest BCUT2D eigenvalue weighted by molar-refractivity contribution is 0.217. The normalized spacial score (nSPS) is 19.6. The minimum Gasteiger partial charge on any atom is -0.508 e. The van der Waals surface area contributed by atoms with Crippen molar-refractivity contribution >= 4 is 11.6 Å². The average Bonchev–Trinajstić information content (AvgIpc) is 3.64. The van der Waals surface area contributed by atoms with Crippen molar-refractivity contribution in [2.45, 2.75) is 24.0 Å². The molecule has 6 aromatic carbocycles.